The van der Waals surface area contributed by atoms with Gasteiger partial charge in [0.15, 0.2) is 0 Å². The summed E-state index contributed by atoms with van der Waals surface area (Å²) in [4.78, 5) is 7.11. The number of likely N-dealkylation sites (N-methyl/N-ethyl adjacent to an activating group) is 1. The molecule has 0 N–H and O–H groups in total. The molecular weight excluding hydrogens is 272 g/mol. The Balaban J connectivity index is 1.71. The van der Waals surface area contributed by atoms with E-state index in [1.807, 2.05) is 7.05 Å². The number of anilines is 1. The van der Waals surface area contributed by atoms with E-state index in [0.29, 0.717) is 6.42 Å². The number of nitriles is 1. The highest BCUT2D eigenvalue weighted by atomic mass is 15.2. The molecule has 0 aromatic heterocycles. The highest BCUT2D eigenvalue weighted by molar-refractivity contribution is 5.46. The molecule has 0 atom stereocenters. The molecule has 0 radical (unpaired) electrons. The van der Waals surface area contributed by atoms with Crippen molar-refractivity contribution in [1.29, 1.82) is 5.26 Å². The van der Waals surface area contributed by atoms with Gasteiger partial charge in [-0.15, -0.1) is 0 Å². The summed E-state index contributed by atoms with van der Waals surface area (Å²) < 4.78 is 0. The van der Waals surface area contributed by atoms with Gasteiger partial charge in [0.2, 0.25) is 0 Å². The number of piperazine rings is 1. The van der Waals surface area contributed by atoms with Crippen LogP contribution < -0.4 is 4.90 Å². The SMILES string of the molecule is CN1CCN(CCCc2ccc(N(C)CCC#N)cc2)CC1. The van der Waals surface area contributed by atoms with E-state index in [-0.39, 0.29) is 0 Å². The lowest BCUT2D eigenvalue weighted by Gasteiger charge is -2.32. The Bertz CT molecular complexity index is 469. The first-order valence-corrected chi connectivity index (χ1v) is 8.27. The van der Waals surface area contributed by atoms with Crippen molar-refractivity contribution in [2.45, 2.75) is 19.3 Å². The van der Waals surface area contributed by atoms with Crippen LogP contribution >= 0.6 is 0 Å². The van der Waals surface area contributed by atoms with Crippen LogP contribution in [0.4, 0.5) is 5.69 Å². The number of hydrogen-bond acceptors (Lipinski definition) is 4. The zero-order chi connectivity index (χ0) is 15.8. The van der Waals surface area contributed by atoms with E-state index in [4.69, 9.17) is 5.26 Å². The van der Waals surface area contributed by atoms with Gasteiger partial charge in [0, 0.05) is 45.5 Å². The lowest BCUT2D eigenvalue weighted by Crippen LogP contribution is -2.44. The maximum atomic E-state index is 8.64. The fourth-order valence-corrected chi connectivity index (χ4v) is 2.84. The van der Waals surface area contributed by atoms with Gasteiger partial charge in [0.05, 0.1) is 12.5 Å². The van der Waals surface area contributed by atoms with Crippen LogP contribution in [0.3, 0.4) is 0 Å². The molecule has 0 bridgehead atoms. The minimum Gasteiger partial charge on any atom is -0.374 e. The quantitative estimate of drug-likeness (QED) is 0.773. The van der Waals surface area contributed by atoms with Gasteiger partial charge >= 0.3 is 0 Å². The minimum absolute atomic E-state index is 0.573. The molecule has 2 rings (SSSR count). The molecule has 0 unspecified atom stereocenters. The van der Waals surface area contributed by atoms with Crippen molar-refractivity contribution in [1.82, 2.24) is 9.80 Å². The van der Waals surface area contributed by atoms with Crippen molar-refractivity contribution in [3.05, 3.63) is 29.8 Å². The summed E-state index contributed by atoms with van der Waals surface area (Å²) in [6.45, 7) is 6.81. The van der Waals surface area contributed by atoms with E-state index in [1.165, 1.54) is 50.4 Å². The molecule has 0 spiro atoms. The first-order chi connectivity index (χ1) is 10.7. The smallest absolute Gasteiger partial charge is 0.0640 e. The van der Waals surface area contributed by atoms with Crippen molar-refractivity contribution in [3.63, 3.8) is 0 Å². The van der Waals surface area contributed by atoms with Crippen LogP contribution in [0.5, 0.6) is 0 Å². The number of rotatable bonds is 7. The number of aryl methyl sites for hydroxylation is 1. The number of hydrogen-bond donors (Lipinski definition) is 0. The fourth-order valence-electron chi connectivity index (χ4n) is 2.84. The van der Waals surface area contributed by atoms with E-state index in [0.717, 1.165) is 13.0 Å². The van der Waals surface area contributed by atoms with Crippen molar-refractivity contribution >= 4 is 5.69 Å². The molecule has 0 saturated carbocycles. The largest absolute Gasteiger partial charge is 0.374 e. The van der Waals surface area contributed by atoms with E-state index < -0.39 is 0 Å². The van der Waals surface area contributed by atoms with Gasteiger partial charge in [0.25, 0.3) is 0 Å². The van der Waals surface area contributed by atoms with Crippen LogP contribution in [-0.4, -0.2) is 63.2 Å². The van der Waals surface area contributed by atoms with Crippen molar-refractivity contribution in [3.8, 4) is 6.07 Å². The normalized spacial score (nSPS) is 16.4. The van der Waals surface area contributed by atoms with Crippen LogP contribution in [-0.2, 0) is 6.42 Å². The molecule has 1 aliphatic rings. The molecule has 1 fully saturated rings. The summed E-state index contributed by atoms with van der Waals surface area (Å²) >= 11 is 0. The summed E-state index contributed by atoms with van der Waals surface area (Å²) in [5.74, 6) is 0. The predicted molar refractivity (Wildman–Crippen MR) is 92.2 cm³/mol. The lowest BCUT2D eigenvalue weighted by molar-refractivity contribution is 0.153. The zero-order valence-electron chi connectivity index (χ0n) is 14.0. The minimum atomic E-state index is 0.573. The van der Waals surface area contributed by atoms with E-state index >= 15 is 0 Å². The summed E-state index contributed by atoms with van der Waals surface area (Å²) in [6.07, 6.45) is 2.95. The molecule has 1 aliphatic heterocycles. The Morgan fingerprint density at radius 3 is 2.45 bits per heavy atom. The topological polar surface area (TPSA) is 33.5 Å². The Hall–Kier alpha value is -1.57. The van der Waals surface area contributed by atoms with Gasteiger partial charge in [0.1, 0.15) is 0 Å². The first-order valence-electron chi connectivity index (χ1n) is 8.27. The summed E-state index contributed by atoms with van der Waals surface area (Å²) in [7, 11) is 4.24. The number of nitrogens with zero attached hydrogens (tertiary/aromatic N) is 4. The van der Waals surface area contributed by atoms with E-state index in [9.17, 15) is 0 Å². The number of benzene rings is 1. The molecule has 0 aliphatic carbocycles. The predicted octanol–water partition coefficient (Wildman–Crippen LogP) is 2.22. The third kappa shape index (κ3) is 5.32. The molecular formula is C18H28N4. The van der Waals surface area contributed by atoms with Gasteiger partial charge in [-0.25, -0.2) is 0 Å². The average Bonchev–Trinajstić information content (AvgIpc) is 2.55. The van der Waals surface area contributed by atoms with Gasteiger partial charge in [-0.1, -0.05) is 12.1 Å². The fraction of sp³-hybridized carbons (Fsp3) is 0.611. The van der Waals surface area contributed by atoms with Crippen LogP contribution in [0.2, 0.25) is 0 Å². The molecule has 1 aromatic carbocycles. The third-order valence-corrected chi connectivity index (χ3v) is 4.47. The van der Waals surface area contributed by atoms with Crippen molar-refractivity contribution < 1.29 is 0 Å². The zero-order valence-corrected chi connectivity index (χ0v) is 14.0. The average molecular weight is 300 g/mol. The van der Waals surface area contributed by atoms with Crippen LogP contribution in [0.15, 0.2) is 24.3 Å². The molecule has 1 aromatic rings. The summed E-state index contributed by atoms with van der Waals surface area (Å²) in [5.41, 5.74) is 2.60. The Kier molecular flexibility index (Phi) is 6.70. The summed E-state index contributed by atoms with van der Waals surface area (Å²) in [5, 5.41) is 8.64. The third-order valence-electron chi connectivity index (χ3n) is 4.47. The van der Waals surface area contributed by atoms with Gasteiger partial charge in [-0.05, 0) is 44.1 Å². The molecule has 1 saturated heterocycles. The molecule has 4 nitrogen and oxygen atoms in total. The maximum absolute atomic E-state index is 8.64. The molecule has 1 heterocycles. The second-order valence-electron chi connectivity index (χ2n) is 6.24. The second kappa shape index (κ2) is 8.77. The molecule has 120 valence electrons. The van der Waals surface area contributed by atoms with Gasteiger partial charge in [-0.3, -0.25) is 0 Å². The second-order valence-corrected chi connectivity index (χ2v) is 6.24. The highest BCUT2D eigenvalue weighted by Crippen LogP contribution is 2.15. The maximum Gasteiger partial charge on any atom is 0.0640 e. The van der Waals surface area contributed by atoms with E-state index in [1.54, 1.807) is 0 Å². The Labute approximate surface area is 134 Å². The van der Waals surface area contributed by atoms with Crippen LogP contribution in [0, 0.1) is 11.3 Å². The van der Waals surface area contributed by atoms with Crippen LogP contribution in [0.1, 0.15) is 18.4 Å². The highest BCUT2D eigenvalue weighted by Gasteiger charge is 2.12. The molecule has 22 heavy (non-hydrogen) atoms. The molecule has 4 heteroatoms. The lowest BCUT2D eigenvalue weighted by atomic mass is 10.1. The van der Waals surface area contributed by atoms with Crippen molar-refractivity contribution in [2.75, 3.05) is 58.3 Å². The van der Waals surface area contributed by atoms with E-state index in [2.05, 4.69) is 52.1 Å². The Morgan fingerprint density at radius 2 is 1.82 bits per heavy atom. The van der Waals surface area contributed by atoms with Gasteiger partial charge in [-0.2, -0.15) is 5.26 Å². The van der Waals surface area contributed by atoms with Gasteiger partial charge < -0.3 is 14.7 Å². The summed E-state index contributed by atoms with van der Waals surface area (Å²) in [6, 6.07) is 11.0. The van der Waals surface area contributed by atoms with Crippen LogP contribution in [0.25, 0.3) is 0 Å². The van der Waals surface area contributed by atoms with Crippen molar-refractivity contribution in [2.24, 2.45) is 0 Å². The molecule has 0 amide bonds. The first kappa shape index (κ1) is 16.8. The monoisotopic (exact) mass is 300 g/mol. The standard InChI is InChI=1S/C18H28N4/c1-20-13-15-22(16-14-20)12-3-5-17-6-8-18(9-7-17)21(2)11-4-10-19/h6-9H,3-5,11-16H2,1-2H3. The Morgan fingerprint density at radius 1 is 1.14 bits per heavy atom.